The van der Waals surface area contributed by atoms with Crippen LogP contribution in [-0.2, 0) is 16.4 Å². The molecule has 28 heavy (non-hydrogen) atoms. The van der Waals surface area contributed by atoms with Gasteiger partial charge in [0.25, 0.3) is 10.0 Å². The van der Waals surface area contributed by atoms with Crippen molar-refractivity contribution in [3.05, 3.63) is 58.6 Å². The van der Waals surface area contributed by atoms with Gasteiger partial charge in [0.05, 0.1) is 5.02 Å². The van der Waals surface area contributed by atoms with E-state index in [2.05, 4.69) is 28.8 Å². The molecule has 5 nitrogen and oxygen atoms in total. The summed E-state index contributed by atoms with van der Waals surface area (Å²) in [6.07, 6.45) is 1.76. The molecule has 1 aliphatic rings. The minimum atomic E-state index is -3.74. The minimum Gasteiger partial charge on any atom is -0.314 e. The first-order chi connectivity index (χ1) is 13.4. The molecule has 0 bridgehead atoms. The fraction of sp³-hybridized carbons (Fsp3) is 0.429. The maximum atomic E-state index is 12.9. The Bertz CT molecular complexity index is 900. The zero-order chi connectivity index (χ0) is 20.1. The SMILES string of the molecule is CCCc1ccc(Cl)c(S(=O)(=O)Nc2ccc(C3CNCCN3CC)cc2)c1. The number of nitrogens with zero attached hydrogens (tertiary/aromatic N) is 1. The smallest absolute Gasteiger partial charge is 0.263 e. The molecule has 1 aliphatic heterocycles. The summed E-state index contributed by atoms with van der Waals surface area (Å²) < 4.78 is 28.4. The fourth-order valence-electron chi connectivity index (χ4n) is 3.63. The lowest BCUT2D eigenvalue weighted by molar-refractivity contribution is 0.171. The van der Waals surface area contributed by atoms with E-state index in [1.54, 1.807) is 12.1 Å². The van der Waals surface area contributed by atoms with E-state index in [9.17, 15) is 8.42 Å². The van der Waals surface area contributed by atoms with E-state index in [4.69, 9.17) is 11.6 Å². The number of nitrogens with one attached hydrogen (secondary N) is 2. The van der Waals surface area contributed by atoms with Gasteiger partial charge in [0.1, 0.15) is 4.90 Å². The van der Waals surface area contributed by atoms with Crippen molar-refractivity contribution in [2.45, 2.75) is 37.6 Å². The van der Waals surface area contributed by atoms with E-state index in [1.807, 2.05) is 30.3 Å². The summed E-state index contributed by atoms with van der Waals surface area (Å²) in [5, 5.41) is 3.66. The Balaban J connectivity index is 1.79. The van der Waals surface area contributed by atoms with Crippen LogP contribution in [0.15, 0.2) is 47.4 Å². The minimum absolute atomic E-state index is 0.123. The number of aryl methyl sites for hydroxylation is 1. The fourth-order valence-corrected chi connectivity index (χ4v) is 5.24. The molecule has 7 heteroatoms. The van der Waals surface area contributed by atoms with Crippen LogP contribution in [0.3, 0.4) is 0 Å². The molecule has 2 aromatic rings. The molecule has 152 valence electrons. The van der Waals surface area contributed by atoms with Crippen LogP contribution in [0.1, 0.15) is 37.4 Å². The maximum Gasteiger partial charge on any atom is 0.263 e. The number of hydrogen-bond acceptors (Lipinski definition) is 4. The Morgan fingerprint density at radius 2 is 1.93 bits per heavy atom. The number of hydrogen-bond donors (Lipinski definition) is 2. The highest BCUT2D eigenvalue weighted by Gasteiger charge is 2.23. The van der Waals surface area contributed by atoms with Crippen LogP contribution in [0.5, 0.6) is 0 Å². The maximum absolute atomic E-state index is 12.9. The van der Waals surface area contributed by atoms with Gasteiger partial charge >= 0.3 is 0 Å². The second kappa shape index (κ2) is 9.27. The van der Waals surface area contributed by atoms with Crippen molar-refractivity contribution in [3.8, 4) is 0 Å². The van der Waals surface area contributed by atoms with Crippen LogP contribution in [0.4, 0.5) is 5.69 Å². The molecule has 1 unspecified atom stereocenters. The number of halogens is 1. The van der Waals surface area contributed by atoms with Crippen molar-refractivity contribution in [2.24, 2.45) is 0 Å². The van der Waals surface area contributed by atoms with Gasteiger partial charge in [-0.15, -0.1) is 0 Å². The van der Waals surface area contributed by atoms with Crippen LogP contribution in [-0.4, -0.2) is 39.5 Å². The molecule has 2 aromatic carbocycles. The van der Waals surface area contributed by atoms with Gasteiger partial charge < -0.3 is 5.32 Å². The predicted molar refractivity (Wildman–Crippen MR) is 116 cm³/mol. The average molecular weight is 422 g/mol. The number of sulfonamides is 1. The molecule has 1 saturated heterocycles. The zero-order valence-corrected chi connectivity index (χ0v) is 18.0. The van der Waals surface area contributed by atoms with E-state index >= 15 is 0 Å². The number of rotatable bonds is 7. The molecule has 0 saturated carbocycles. The molecular weight excluding hydrogens is 394 g/mol. The summed E-state index contributed by atoms with van der Waals surface area (Å²) in [5.41, 5.74) is 2.68. The van der Waals surface area contributed by atoms with Gasteiger partial charge in [0.15, 0.2) is 0 Å². The highest BCUT2D eigenvalue weighted by atomic mass is 35.5. The standard InChI is InChI=1S/C21H28ClN3O2S/c1-3-5-16-6-11-19(22)21(14-16)28(26,27)24-18-9-7-17(8-10-18)20-15-23-12-13-25(20)4-2/h6-11,14,20,23-24H,3-5,12-13,15H2,1-2H3. The number of benzene rings is 2. The summed E-state index contributed by atoms with van der Waals surface area (Å²) in [4.78, 5) is 2.55. The van der Waals surface area contributed by atoms with Crippen molar-refractivity contribution >= 4 is 27.3 Å². The largest absolute Gasteiger partial charge is 0.314 e. The molecule has 0 radical (unpaired) electrons. The van der Waals surface area contributed by atoms with Crippen LogP contribution >= 0.6 is 11.6 Å². The van der Waals surface area contributed by atoms with E-state index in [0.29, 0.717) is 11.7 Å². The van der Waals surface area contributed by atoms with Crippen molar-refractivity contribution in [2.75, 3.05) is 30.9 Å². The molecule has 0 aliphatic carbocycles. The highest BCUT2D eigenvalue weighted by Crippen LogP contribution is 2.27. The third-order valence-corrected chi connectivity index (χ3v) is 6.99. The monoisotopic (exact) mass is 421 g/mol. The molecule has 2 N–H and O–H groups in total. The van der Waals surface area contributed by atoms with Gasteiger partial charge in [0, 0.05) is 31.4 Å². The molecule has 0 amide bonds. The normalized spacial score (nSPS) is 18.2. The van der Waals surface area contributed by atoms with E-state index < -0.39 is 10.0 Å². The first-order valence-electron chi connectivity index (χ1n) is 9.80. The first-order valence-corrected chi connectivity index (χ1v) is 11.7. The first kappa shape index (κ1) is 21.1. The van der Waals surface area contributed by atoms with Gasteiger partial charge in [-0.1, -0.05) is 50.1 Å². The summed E-state index contributed by atoms with van der Waals surface area (Å²) in [6, 6.07) is 13.1. The molecule has 3 rings (SSSR count). The molecule has 1 heterocycles. The third kappa shape index (κ3) is 4.87. The Hall–Kier alpha value is -1.60. The van der Waals surface area contributed by atoms with Crippen molar-refractivity contribution in [3.63, 3.8) is 0 Å². The topological polar surface area (TPSA) is 61.4 Å². The molecule has 0 aromatic heterocycles. The quantitative estimate of drug-likeness (QED) is 0.707. The van der Waals surface area contributed by atoms with Gasteiger partial charge in [-0.05, 0) is 48.4 Å². The lowest BCUT2D eigenvalue weighted by Gasteiger charge is -2.35. The molecule has 1 atom stereocenters. The zero-order valence-electron chi connectivity index (χ0n) is 16.4. The Labute approximate surface area is 173 Å². The van der Waals surface area contributed by atoms with Gasteiger partial charge in [0.2, 0.25) is 0 Å². The summed E-state index contributed by atoms with van der Waals surface area (Å²) in [5.74, 6) is 0. The van der Waals surface area contributed by atoms with E-state index in [1.165, 1.54) is 5.56 Å². The Kier molecular flexibility index (Phi) is 6.99. The summed E-state index contributed by atoms with van der Waals surface area (Å²) in [7, 11) is -3.74. The number of likely N-dealkylation sites (N-methyl/N-ethyl adjacent to an activating group) is 1. The highest BCUT2D eigenvalue weighted by molar-refractivity contribution is 7.92. The van der Waals surface area contributed by atoms with Gasteiger partial charge in [-0.2, -0.15) is 0 Å². The number of anilines is 1. The van der Waals surface area contributed by atoms with Crippen LogP contribution in [0.2, 0.25) is 5.02 Å². The van der Waals surface area contributed by atoms with E-state index in [-0.39, 0.29) is 9.92 Å². The summed E-state index contributed by atoms with van der Waals surface area (Å²) in [6.45, 7) is 8.13. The predicted octanol–water partition coefficient (Wildman–Crippen LogP) is 4.06. The molecule has 1 fully saturated rings. The Morgan fingerprint density at radius 3 is 2.61 bits per heavy atom. The van der Waals surface area contributed by atoms with Crippen molar-refractivity contribution in [1.29, 1.82) is 0 Å². The van der Waals surface area contributed by atoms with Crippen molar-refractivity contribution in [1.82, 2.24) is 10.2 Å². The lowest BCUT2D eigenvalue weighted by Crippen LogP contribution is -2.45. The second-order valence-corrected chi connectivity index (χ2v) is 9.15. The third-order valence-electron chi connectivity index (χ3n) is 5.13. The van der Waals surface area contributed by atoms with Crippen LogP contribution < -0.4 is 10.0 Å². The van der Waals surface area contributed by atoms with Crippen LogP contribution in [0.25, 0.3) is 0 Å². The van der Waals surface area contributed by atoms with Crippen LogP contribution in [0, 0.1) is 0 Å². The number of piperazine rings is 1. The molecular formula is C21H28ClN3O2S. The summed E-state index contributed by atoms with van der Waals surface area (Å²) >= 11 is 6.17. The van der Waals surface area contributed by atoms with Gasteiger partial charge in [-0.3, -0.25) is 9.62 Å². The van der Waals surface area contributed by atoms with Gasteiger partial charge in [-0.25, -0.2) is 8.42 Å². The average Bonchev–Trinajstić information content (AvgIpc) is 2.70. The lowest BCUT2D eigenvalue weighted by atomic mass is 10.0. The molecule has 0 spiro atoms. The van der Waals surface area contributed by atoms with Crippen molar-refractivity contribution < 1.29 is 8.42 Å². The van der Waals surface area contributed by atoms with E-state index in [0.717, 1.165) is 44.6 Å². The Morgan fingerprint density at radius 1 is 1.18 bits per heavy atom. The second-order valence-electron chi connectivity index (χ2n) is 7.09.